The Morgan fingerprint density at radius 1 is 1.33 bits per heavy atom. The van der Waals surface area contributed by atoms with E-state index in [1.54, 1.807) is 0 Å². The fourth-order valence-corrected chi connectivity index (χ4v) is 0.345. The number of carboxylic acids is 1. The number of hydrogen-bond acceptors (Lipinski definition) is 5. The molecule has 0 unspecified atom stereocenters. The van der Waals surface area contributed by atoms with Crippen LogP contribution < -0.4 is 0 Å². The Morgan fingerprint density at radius 2 is 1.75 bits per heavy atom. The van der Waals surface area contributed by atoms with Crippen LogP contribution in [0.1, 0.15) is 6.42 Å². The number of hydrogen-bond donors (Lipinski definition) is 5. The van der Waals surface area contributed by atoms with E-state index in [9.17, 15) is 4.79 Å². The van der Waals surface area contributed by atoms with Crippen molar-refractivity contribution in [2.45, 2.75) is 12.5 Å². The largest absolute Gasteiger partial charge is 0.481 e. The molecule has 0 radical (unpaired) electrons. The molecular weight excluding hydrogens is 184 g/mol. The Labute approximate surface area is 76.1 Å². The lowest BCUT2D eigenvalue weighted by Gasteiger charge is -1.96. The highest BCUT2D eigenvalue weighted by atomic mass is 32.1. The average Bonchev–Trinajstić information content (AvgIpc) is 2.04. The van der Waals surface area contributed by atoms with E-state index in [4.69, 9.17) is 20.4 Å². The van der Waals surface area contributed by atoms with Gasteiger partial charge in [-0.05, 0) is 0 Å². The van der Waals surface area contributed by atoms with E-state index in [-0.39, 0.29) is 19.6 Å². The molecule has 0 saturated carbocycles. The Bertz CT molecular complexity index is 104. The minimum atomic E-state index is -0.954. The third-order valence-corrected chi connectivity index (χ3v) is 0.971. The summed E-state index contributed by atoms with van der Waals surface area (Å²) in [6, 6.07) is 0. The summed E-state index contributed by atoms with van der Waals surface area (Å²) in [6.45, 7) is -0.729. The molecule has 6 heteroatoms. The van der Waals surface area contributed by atoms with Gasteiger partial charge in [0.05, 0.1) is 19.6 Å². The zero-order valence-electron chi connectivity index (χ0n) is 6.55. The van der Waals surface area contributed by atoms with E-state index in [2.05, 4.69) is 12.6 Å². The monoisotopic (exact) mass is 198 g/mol. The van der Waals surface area contributed by atoms with E-state index in [1.165, 1.54) is 0 Å². The van der Waals surface area contributed by atoms with E-state index in [0.29, 0.717) is 5.75 Å². The highest BCUT2D eigenvalue weighted by Gasteiger charge is 1.93. The average molecular weight is 198 g/mol. The van der Waals surface area contributed by atoms with Crippen LogP contribution in [0.25, 0.3) is 0 Å². The highest BCUT2D eigenvalue weighted by Crippen LogP contribution is 1.79. The van der Waals surface area contributed by atoms with Crippen LogP contribution in [-0.4, -0.2) is 51.5 Å². The first-order chi connectivity index (χ1) is 5.58. The summed E-state index contributed by atoms with van der Waals surface area (Å²) in [7, 11) is 0. The van der Waals surface area contributed by atoms with Crippen molar-refractivity contribution in [3.05, 3.63) is 0 Å². The fourth-order valence-electron chi connectivity index (χ4n) is 0.153. The minimum absolute atomic E-state index is 0.156. The van der Waals surface area contributed by atoms with Gasteiger partial charge >= 0.3 is 5.97 Å². The predicted octanol–water partition coefficient (Wildman–Crippen LogP) is -1.28. The molecule has 0 atom stereocenters. The lowest BCUT2D eigenvalue weighted by Crippen LogP contribution is -2.15. The van der Waals surface area contributed by atoms with Crippen LogP contribution in [0, 0.1) is 0 Å². The van der Waals surface area contributed by atoms with Crippen molar-refractivity contribution < 1.29 is 25.2 Å². The molecule has 0 aromatic carbocycles. The number of aliphatic carboxylic acids is 1. The van der Waals surface area contributed by atoms with Crippen LogP contribution in [0.2, 0.25) is 0 Å². The molecule has 0 aromatic rings. The van der Waals surface area contributed by atoms with Gasteiger partial charge in [-0.25, -0.2) is 0 Å². The Kier molecular flexibility index (Phi) is 12.7. The van der Waals surface area contributed by atoms with Crippen molar-refractivity contribution in [3.63, 3.8) is 0 Å². The normalized spacial score (nSPS) is 9.08. The molecule has 74 valence electrons. The maximum Gasteiger partial charge on any atom is 0.304 e. The molecule has 0 rings (SSSR count). The molecule has 0 saturated heterocycles. The molecule has 5 nitrogen and oxygen atoms in total. The van der Waals surface area contributed by atoms with Crippen LogP contribution in [0.5, 0.6) is 0 Å². The molecule has 0 aliphatic heterocycles. The molecule has 0 amide bonds. The lowest BCUT2D eigenvalue weighted by atomic mass is 10.4. The molecule has 0 spiro atoms. The van der Waals surface area contributed by atoms with Crippen molar-refractivity contribution in [2.75, 3.05) is 19.0 Å². The van der Waals surface area contributed by atoms with E-state index < -0.39 is 12.1 Å². The van der Waals surface area contributed by atoms with Crippen molar-refractivity contribution >= 4 is 18.6 Å². The molecule has 0 fully saturated rings. The molecule has 0 heterocycles. The van der Waals surface area contributed by atoms with E-state index in [0.717, 1.165) is 0 Å². The standard InChI is InChI=1S/C3H8O3.C3H6O2S/c4-1-3(6)2-5;4-3(5)1-2-6/h3-6H,1-2H2;6H,1-2H2,(H,4,5). The first-order valence-electron chi connectivity index (χ1n) is 3.30. The van der Waals surface area contributed by atoms with Crippen LogP contribution in [0.4, 0.5) is 0 Å². The second-order valence-electron chi connectivity index (χ2n) is 1.89. The molecule has 0 aliphatic carbocycles. The number of aliphatic hydroxyl groups excluding tert-OH is 3. The number of rotatable bonds is 4. The first kappa shape index (κ1) is 14.2. The second-order valence-corrected chi connectivity index (χ2v) is 2.33. The number of carboxylic acid groups (broad SMARTS) is 1. The lowest BCUT2D eigenvalue weighted by molar-refractivity contribution is -0.136. The fraction of sp³-hybridized carbons (Fsp3) is 0.833. The Morgan fingerprint density at radius 3 is 1.75 bits per heavy atom. The third kappa shape index (κ3) is 16.4. The van der Waals surface area contributed by atoms with Crippen molar-refractivity contribution in [2.24, 2.45) is 0 Å². The van der Waals surface area contributed by atoms with E-state index >= 15 is 0 Å². The SMILES string of the molecule is O=C(O)CCS.OCC(O)CO. The van der Waals surface area contributed by atoms with Crippen LogP contribution in [-0.2, 0) is 4.79 Å². The summed E-state index contributed by atoms with van der Waals surface area (Å²) in [5, 5.41) is 31.9. The summed E-state index contributed by atoms with van der Waals surface area (Å²) in [5.41, 5.74) is 0. The maximum absolute atomic E-state index is 9.55. The summed E-state index contributed by atoms with van der Waals surface area (Å²) >= 11 is 3.68. The zero-order chi connectivity index (χ0) is 9.98. The Hall–Kier alpha value is -0.300. The van der Waals surface area contributed by atoms with Crippen molar-refractivity contribution in [3.8, 4) is 0 Å². The van der Waals surface area contributed by atoms with E-state index in [1.807, 2.05) is 0 Å². The summed E-state index contributed by atoms with van der Waals surface area (Å²) < 4.78 is 0. The summed E-state index contributed by atoms with van der Waals surface area (Å²) in [4.78, 5) is 9.55. The highest BCUT2D eigenvalue weighted by molar-refractivity contribution is 7.80. The van der Waals surface area contributed by atoms with Gasteiger partial charge < -0.3 is 20.4 Å². The van der Waals surface area contributed by atoms with Gasteiger partial charge in [-0.2, -0.15) is 12.6 Å². The third-order valence-electron chi connectivity index (χ3n) is 0.747. The summed E-state index contributed by atoms with van der Waals surface area (Å²) in [5.74, 6) is -0.361. The second kappa shape index (κ2) is 10.7. The molecule has 0 bridgehead atoms. The quantitative estimate of drug-likeness (QED) is 0.363. The van der Waals surface area contributed by atoms with Gasteiger partial charge in [0.15, 0.2) is 0 Å². The van der Waals surface area contributed by atoms with Crippen molar-refractivity contribution in [1.29, 1.82) is 0 Å². The zero-order valence-corrected chi connectivity index (χ0v) is 7.44. The number of carbonyl (C=O) groups is 1. The molecular formula is C6H14O5S. The number of thiol groups is 1. The molecule has 0 aromatic heterocycles. The topological polar surface area (TPSA) is 98.0 Å². The van der Waals surface area contributed by atoms with Crippen molar-refractivity contribution in [1.82, 2.24) is 0 Å². The van der Waals surface area contributed by atoms with Crippen LogP contribution in [0.15, 0.2) is 0 Å². The first-order valence-corrected chi connectivity index (χ1v) is 3.94. The van der Waals surface area contributed by atoms with Gasteiger partial charge in [-0.1, -0.05) is 0 Å². The van der Waals surface area contributed by atoms with Crippen LogP contribution in [0.3, 0.4) is 0 Å². The van der Waals surface area contributed by atoms with Gasteiger partial charge in [0.2, 0.25) is 0 Å². The molecule has 0 aliphatic rings. The summed E-state index contributed by atoms with van der Waals surface area (Å²) in [6.07, 6.45) is -0.798. The molecule has 4 N–H and O–H groups in total. The smallest absolute Gasteiger partial charge is 0.304 e. The Balaban J connectivity index is 0. The number of aliphatic hydroxyl groups is 3. The maximum atomic E-state index is 9.55. The van der Waals surface area contributed by atoms with Gasteiger partial charge in [-0.3, -0.25) is 4.79 Å². The molecule has 12 heavy (non-hydrogen) atoms. The minimum Gasteiger partial charge on any atom is -0.481 e. The van der Waals surface area contributed by atoms with Crippen LogP contribution >= 0.6 is 12.6 Å². The predicted molar refractivity (Wildman–Crippen MR) is 46.3 cm³/mol. The van der Waals surface area contributed by atoms with Gasteiger partial charge in [0.1, 0.15) is 6.10 Å². The van der Waals surface area contributed by atoms with Gasteiger partial charge in [0.25, 0.3) is 0 Å². The van der Waals surface area contributed by atoms with Gasteiger partial charge in [-0.15, -0.1) is 0 Å². The van der Waals surface area contributed by atoms with Gasteiger partial charge in [0, 0.05) is 5.75 Å².